The molecule has 0 fully saturated rings. The Hall–Kier alpha value is -1.03. The van der Waals surface area contributed by atoms with E-state index in [4.69, 9.17) is 16.3 Å². The lowest BCUT2D eigenvalue weighted by Crippen LogP contribution is -2.24. The number of benzene rings is 1. The minimum Gasteiger partial charge on any atom is -0.493 e. The van der Waals surface area contributed by atoms with Gasteiger partial charge in [-0.2, -0.15) is 0 Å². The summed E-state index contributed by atoms with van der Waals surface area (Å²) in [7, 11) is 0. The molecule has 1 atom stereocenters. The van der Waals surface area contributed by atoms with Gasteiger partial charge in [-0.05, 0) is 54.0 Å². The molecular formula is C17H18ClNOS. The number of hydrogen-bond acceptors (Lipinski definition) is 3. The zero-order valence-corrected chi connectivity index (χ0v) is 13.4. The average Bonchev–Trinajstić information content (AvgIpc) is 3.12. The molecule has 0 amide bonds. The highest BCUT2D eigenvalue weighted by atomic mass is 35.5. The van der Waals surface area contributed by atoms with E-state index in [0.29, 0.717) is 6.04 Å². The number of rotatable bonds is 3. The van der Waals surface area contributed by atoms with Crippen molar-refractivity contribution in [1.29, 1.82) is 0 Å². The molecular weight excluding hydrogens is 302 g/mol. The van der Waals surface area contributed by atoms with Crippen LogP contribution in [0.3, 0.4) is 0 Å². The van der Waals surface area contributed by atoms with Crippen molar-refractivity contribution in [1.82, 2.24) is 5.32 Å². The predicted molar refractivity (Wildman–Crippen MR) is 87.5 cm³/mol. The molecule has 0 radical (unpaired) electrons. The summed E-state index contributed by atoms with van der Waals surface area (Å²) in [4.78, 5) is 1.55. The van der Waals surface area contributed by atoms with Crippen LogP contribution < -0.4 is 10.1 Å². The Bertz CT molecular complexity index is 667. The Balaban J connectivity index is 1.54. The van der Waals surface area contributed by atoms with Gasteiger partial charge in [-0.25, -0.2) is 0 Å². The number of fused-ring (bicyclic) bond motifs is 2. The monoisotopic (exact) mass is 319 g/mol. The molecule has 1 aromatic heterocycles. The molecule has 1 N–H and O–H groups in total. The predicted octanol–water partition coefficient (Wildman–Crippen LogP) is 4.50. The molecule has 0 bridgehead atoms. The highest BCUT2D eigenvalue weighted by molar-refractivity contribution is 7.10. The molecule has 0 saturated carbocycles. The van der Waals surface area contributed by atoms with E-state index in [-0.39, 0.29) is 0 Å². The van der Waals surface area contributed by atoms with E-state index in [0.717, 1.165) is 30.3 Å². The number of ether oxygens (including phenoxy) is 1. The van der Waals surface area contributed by atoms with Gasteiger partial charge >= 0.3 is 0 Å². The first-order chi connectivity index (χ1) is 10.3. The fraction of sp³-hybridized carbons (Fsp3) is 0.412. The maximum absolute atomic E-state index is 6.23. The van der Waals surface area contributed by atoms with Crippen molar-refractivity contribution in [3.63, 3.8) is 0 Å². The maximum atomic E-state index is 6.23. The highest BCUT2D eigenvalue weighted by Crippen LogP contribution is 2.36. The van der Waals surface area contributed by atoms with Crippen LogP contribution in [0, 0.1) is 0 Å². The number of thiophene rings is 1. The summed E-state index contributed by atoms with van der Waals surface area (Å²) in [5.74, 6) is 1.05. The molecule has 2 aliphatic rings. The van der Waals surface area contributed by atoms with E-state index in [1.54, 1.807) is 4.88 Å². The molecule has 0 saturated heterocycles. The molecule has 1 unspecified atom stereocenters. The Morgan fingerprint density at radius 3 is 3.24 bits per heavy atom. The Labute approximate surface area is 134 Å². The summed E-state index contributed by atoms with van der Waals surface area (Å²) in [6, 6.07) is 6.81. The standard InChI is InChI=1S/C17H18ClNOS/c18-13-8-11-4-6-20-17(11)12(9-13)10-19-15-2-1-3-16-14(15)5-7-21-16/h5,7-9,15,19H,1-4,6,10H2. The van der Waals surface area contributed by atoms with Crippen molar-refractivity contribution in [3.8, 4) is 5.75 Å². The van der Waals surface area contributed by atoms with Crippen LogP contribution in [0.25, 0.3) is 0 Å². The first kappa shape index (κ1) is 13.6. The zero-order chi connectivity index (χ0) is 14.2. The van der Waals surface area contributed by atoms with Crippen molar-refractivity contribution in [2.24, 2.45) is 0 Å². The van der Waals surface area contributed by atoms with E-state index in [1.165, 1.54) is 36.0 Å². The average molecular weight is 320 g/mol. The number of halogens is 1. The first-order valence-electron chi connectivity index (χ1n) is 7.55. The van der Waals surface area contributed by atoms with Crippen molar-refractivity contribution >= 4 is 22.9 Å². The van der Waals surface area contributed by atoms with Crippen molar-refractivity contribution in [3.05, 3.63) is 50.2 Å². The van der Waals surface area contributed by atoms with Gasteiger partial charge in [0.05, 0.1) is 6.61 Å². The molecule has 21 heavy (non-hydrogen) atoms. The lowest BCUT2D eigenvalue weighted by atomic mass is 9.94. The maximum Gasteiger partial charge on any atom is 0.127 e. The summed E-state index contributed by atoms with van der Waals surface area (Å²) >= 11 is 8.12. The van der Waals surface area contributed by atoms with Gasteiger partial charge in [0.25, 0.3) is 0 Å². The van der Waals surface area contributed by atoms with Crippen molar-refractivity contribution < 1.29 is 4.74 Å². The molecule has 4 heteroatoms. The molecule has 0 spiro atoms. The summed E-state index contributed by atoms with van der Waals surface area (Å²) in [5.41, 5.74) is 3.93. The van der Waals surface area contributed by atoms with Gasteiger partial charge in [-0.3, -0.25) is 0 Å². The second-order valence-corrected chi connectivity index (χ2v) is 7.21. The van der Waals surface area contributed by atoms with Gasteiger partial charge in [0.15, 0.2) is 0 Å². The lowest BCUT2D eigenvalue weighted by Gasteiger charge is -2.24. The molecule has 4 rings (SSSR count). The number of nitrogens with one attached hydrogen (secondary N) is 1. The van der Waals surface area contributed by atoms with Crippen LogP contribution in [0.4, 0.5) is 0 Å². The van der Waals surface area contributed by atoms with Gasteiger partial charge in [0, 0.05) is 34.5 Å². The fourth-order valence-corrected chi connectivity index (χ4v) is 4.66. The smallest absolute Gasteiger partial charge is 0.127 e. The van der Waals surface area contributed by atoms with E-state index in [9.17, 15) is 0 Å². The molecule has 2 heterocycles. The largest absolute Gasteiger partial charge is 0.493 e. The minimum atomic E-state index is 0.469. The summed E-state index contributed by atoms with van der Waals surface area (Å²) in [6.45, 7) is 1.60. The number of aryl methyl sites for hydroxylation is 1. The Morgan fingerprint density at radius 1 is 1.33 bits per heavy atom. The van der Waals surface area contributed by atoms with Crippen molar-refractivity contribution in [2.45, 2.75) is 38.3 Å². The van der Waals surface area contributed by atoms with Gasteiger partial charge < -0.3 is 10.1 Å². The third kappa shape index (κ3) is 2.59. The van der Waals surface area contributed by atoms with E-state index in [1.807, 2.05) is 23.5 Å². The van der Waals surface area contributed by atoms with E-state index in [2.05, 4.69) is 16.8 Å². The van der Waals surface area contributed by atoms with Crippen LogP contribution in [-0.2, 0) is 19.4 Å². The van der Waals surface area contributed by atoms with E-state index >= 15 is 0 Å². The van der Waals surface area contributed by atoms with Crippen LogP contribution in [-0.4, -0.2) is 6.61 Å². The summed E-state index contributed by atoms with van der Waals surface area (Å²) < 4.78 is 5.78. The third-order valence-corrected chi connectivity index (χ3v) is 5.63. The topological polar surface area (TPSA) is 21.3 Å². The van der Waals surface area contributed by atoms with Gasteiger partial charge in [0.2, 0.25) is 0 Å². The second-order valence-electron chi connectivity index (χ2n) is 5.78. The minimum absolute atomic E-state index is 0.469. The van der Waals surface area contributed by atoms with Crippen molar-refractivity contribution in [2.75, 3.05) is 6.61 Å². The molecule has 1 aromatic carbocycles. The fourth-order valence-electron chi connectivity index (χ4n) is 3.41. The lowest BCUT2D eigenvalue weighted by molar-refractivity contribution is 0.350. The summed E-state index contributed by atoms with van der Waals surface area (Å²) in [6.07, 6.45) is 4.70. The SMILES string of the molecule is Clc1cc2c(c(CNC3CCCc4sccc43)c1)OCC2. The van der Waals surface area contributed by atoms with Gasteiger partial charge in [0.1, 0.15) is 5.75 Å². The zero-order valence-electron chi connectivity index (χ0n) is 11.8. The molecule has 110 valence electrons. The van der Waals surface area contributed by atoms with E-state index < -0.39 is 0 Å². The van der Waals surface area contributed by atoms with Crippen LogP contribution in [0.1, 0.15) is 40.5 Å². The molecule has 2 aromatic rings. The Morgan fingerprint density at radius 2 is 2.29 bits per heavy atom. The highest BCUT2D eigenvalue weighted by Gasteiger charge is 2.22. The quantitative estimate of drug-likeness (QED) is 0.899. The summed E-state index contributed by atoms with van der Waals surface area (Å²) in [5, 5.41) is 6.73. The van der Waals surface area contributed by atoms with Gasteiger partial charge in [-0.15, -0.1) is 11.3 Å². The number of hydrogen-bond donors (Lipinski definition) is 1. The normalized spacial score (nSPS) is 20.0. The van der Waals surface area contributed by atoms with Crippen LogP contribution in [0.2, 0.25) is 5.02 Å². The Kier molecular flexibility index (Phi) is 3.66. The van der Waals surface area contributed by atoms with Gasteiger partial charge in [-0.1, -0.05) is 11.6 Å². The van der Waals surface area contributed by atoms with Crippen LogP contribution >= 0.6 is 22.9 Å². The van der Waals surface area contributed by atoms with Crippen LogP contribution in [0.15, 0.2) is 23.6 Å². The molecule has 2 nitrogen and oxygen atoms in total. The second kappa shape index (κ2) is 5.64. The third-order valence-electron chi connectivity index (χ3n) is 4.42. The molecule has 1 aliphatic heterocycles. The van der Waals surface area contributed by atoms with Crippen LogP contribution in [0.5, 0.6) is 5.75 Å². The molecule has 1 aliphatic carbocycles. The first-order valence-corrected chi connectivity index (χ1v) is 8.81.